The predicted molar refractivity (Wildman–Crippen MR) is 99.1 cm³/mol. The highest BCUT2D eigenvalue weighted by molar-refractivity contribution is 6.31. The number of carbonyl (C=O) groups is 1. The molecular formula is C19H22ClFN4O. The largest absolute Gasteiger partial charge is 0.355 e. The number of amides is 1. The van der Waals surface area contributed by atoms with E-state index in [9.17, 15) is 9.18 Å². The van der Waals surface area contributed by atoms with E-state index in [1.807, 2.05) is 0 Å². The van der Waals surface area contributed by atoms with Gasteiger partial charge in [0.05, 0.1) is 6.42 Å². The van der Waals surface area contributed by atoms with E-state index in [0.29, 0.717) is 10.9 Å². The van der Waals surface area contributed by atoms with E-state index in [4.69, 9.17) is 11.6 Å². The second-order valence-corrected chi connectivity index (χ2v) is 7.57. The van der Waals surface area contributed by atoms with Gasteiger partial charge in [-0.2, -0.15) is 5.10 Å². The summed E-state index contributed by atoms with van der Waals surface area (Å²) >= 11 is 6.00. The maximum atomic E-state index is 13.8. The summed E-state index contributed by atoms with van der Waals surface area (Å²) in [4.78, 5) is 14.5. The second-order valence-electron chi connectivity index (χ2n) is 7.16. The average Bonchev–Trinajstić information content (AvgIpc) is 3.36. The third kappa shape index (κ3) is 3.85. The highest BCUT2D eigenvalue weighted by atomic mass is 35.5. The minimum Gasteiger partial charge on any atom is -0.355 e. The van der Waals surface area contributed by atoms with Crippen molar-refractivity contribution in [3.8, 4) is 0 Å². The highest BCUT2D eigenvalue weighted by Gasteiger charge is 2.28. The molecule has 1 aliphatic heterocycles. The molecule has 1 aliphatic carbocycles. The van der Waals surface area contributed by atoms with E-state index in [1.54, 1.807) is 12.1 Å². The van der Waals surface area contributed by atoms with Gasteiger partial charge in [0.25, 0.3) is 0 Å². The van der Waals surface area contributed by atoms with Crippen molar-refractivity contribution in [2.24, 2.45) is 0 Å². The highest BCUT2D eigenvalue weighted by Crippen LogP contribution is 2.40. The molecule has 2 N–H and O–H groups in total. The van der Waals surface area contributed by atoms with Crippen LogP contribution in [0.1, 0.15) is 42.9 Å². The number of hydrogen-bond acceptors (Lipinski definition) is 3. The molecule has 7 heteroatoms. The Bertz CT molecular complexity index is 776. The van der Waals surface area contributed by atoms with Gasteiger partial charge in [-0.3, -0.25) is 9.89 Å². The van der Waals surface area contributed by atoms with Gasteiger partial charge < -0.3 is 10.2 Å². The molecule has 0 unspecified atom stereocenters. The predicted octanol–water partition coefficient (Wildman–Crippen LogP) is 3.41. The summed E-state index contributed by atoms with van der Waals surface area (Å²) in [5.41, 5.74) is 1.49. The number of carbonyl (C=O) groups excluding carboxylic acids is 1. The zero-order chi connectivity index (χ0) is 18.1. The van der Waals surface area contributed by atoms with Crippen molar-refractivity contribution in [1.82, 2.24) is 15.5 Å². The molecule has 0 radical (unpaired) electrons. The number of H-pyrrole nitrogens is 1. The maximum Gasteiger partial charge on any atom is 0.224 e. The molecule has 2 aliphatic rings. The number of piperidine rings is 1. The molecule has 1 amide bonds. The van der Waals surface area contributed by atoms with Crippen LogP contribution in [-0.2, 0) is 11.2 Å². The number of hydrogen-bond donors (Lipinski definition) is 2. The molecular weight excluding hydrogens is 355 g/mol. The molecule has 1 aromatic heterocycles. The van der Waals surface area contributed by atoms with Crippen LogP contribution in [0.2, 0.25) is 5.02 Å². The number of aromatic nitrogens is 2. The van der Waals surface area contributed by atoms with Crippen LogP contribution in [0.5, 0.6) is 0 Å². The lowest BCUT2D eigenvalue weighted by Gasteiger charge is -2.32. The summed E-state index contributed by atoms with van der Waals surface area (Å²) < 4.78 is 13.8. The summed E-state index contributed by atoms with van der Waals surface area (Å²) in [5.74, 6) is 1.03. The lowest BCUT2D eigenvalue weighted by Crippen LogP contribution is -2.45. The summed E-state index contributed by atoms with van der Waals surface area (Å²) in [6.07, 6.45) is 4.17. The number of aromatic amines is 1. The topological polar surface area (TPSA) is 61.0 Å². The molecule has 0 spiro atoms. The van der Waals surface area contributed by atoms with Crippen LogP contribution in [0, 0.1) is 5.82 Å². The number of anilines is 1. The van der Waals surface area contributed by atoms with Crippen molar-refractivity contribution in [1.29, 1.82) is 0 Å². The van der Waals surface area contributed by atoms with Crippen LogP contribution >= 0.6 is 11.6 Å². The number of rotatable bonds is 5. The quantitative estimate of drug-likeness (QED) is 0.840. The molecule has 2 fully saturated rings. The van der Waals surface area contributed by atoms with Gasteiger partial charge in [0, 0.05) is 47.4 Å². The first-order valence-electron chi connectivity index (χ1n) is 9.12. The minimum atomic E-state index is -0.438. The first-order chi connectivity index (χ1) is 12.6. The smallest absolute Gasteiger partial charge is 0.224 e. The fraction of sp³-hybridized carbons (Fsp3) is 0.474. The van der Waals surface area contributed by atoms with E-state index in [0.717, 1.165) is 31.7 Å². The summed E-state index contributed by atoms with van der Waals surface area (Å²) in [5, 5.41) is 10.9. The van der Waals surface area contributed by atoms with Gasteiger partial charge in [-0.05, 0) is 37.8 Å². The van der Waals surface area contributed by atoms with Crippen LogP contribution in [-0.4, -0.2) is 35.2 Å². The number of benzene rings is 1. The Balaban J connectivity index is 1.28. The monoisotopic (exact) mass is 376 g/mol. The van der Waals surface area contributed by atoms with Crippen LogP contribution in [0.25, 0.3) is 0 Å². The summed E-state index contributed by atoms with van der Waals surface area (Å²) in [6.45, 7) is 1.70. The van der Waals surface area contributed by atoms with Crippen molar-refractivity contribution in [2.45, 2.75) is 44.1 Å². The third-order valence-corrected chi connectivity index (χ3v) is 5.54. The number of nitrogens with zero attached hydrogens (tertiary/aromatic N) is 2. The fourth-order valence-electron chi connectivity index (χ4n) is 3.48. The van der Waals surface area contributed by atoms with Gasteiger partial charge >= 0.3 is 0 Å². The summed E-state index contributed by atoms with van der Waals surface area (Å²) in [7, 11) is 0. The van der Waals surface area contributed by atoms with Crippen molar-refractivity contribution in [3.63, 3.8) is 0 Å². The third-order valence-electron chi connectivity index (χ3n) is 5.18. The molecule has 1 saturated carbocycles. The summed E-state index contributed by atoms with van der Waals surface area (Å²) in [6, 6.07) is 6.72. The van der Waals surface area contributed by atoms with Crippen molar-refractivity contribution in [2.75, 3.05) is 18.0 Å². The van der Waals surface area contributed by atoms with Crippen LogP contribution in [0.3, 0.4) is 0 Å². The van der Waals surface area contributed by atoms with Gasteiger partial charge in [0.1, 0.15) is 5.82 Å². The number of halogens is 2. The van der Waals surface area contributed by atoms with Crippen molar-refractivity contribution >= 4 is 23.3 Å². The van der Waals surface area contributed by atoms with Gasteiger partial charge in [-0.15, -0.1) is 0 Å². The Kier molecular flexibility index (Phi) is 4.85. The minimum absolute atomic E-state index is 0.0319. The first kappa shape index (κ1) is 17.3. The Morgan fingerprint density at radius 3 is 2.77 bits per heavy atom. The molecule has 0 atom stereocenters. The molecule has 2 heterocycles. The zero-order valence-electron chi connectivity index (χ0n) is 14.5. The van der Waals surface area contributed by atoms with E-state index in [1.165, 1.54) is 24.6 Å². The standard InChI is InChI=1S/C19H22ClFN4O/c20-15-2-1-3-16(21)14(15)10-19(26)22-13-6-8-25(9-7-13)18-11-17(23-24-18)12-4-5-12/h1-3,11-13H,4-10H2,(H,22,26)(H,23,24). The zero-order valence-corrected chi connectivity index (χ0v) is 15.2. The molecule has 5 nitrogen and oxygen atoms in total. The molecule has 138 valence electrons. The normalized spacial score (nSPS) is 18.2. The van der Waals surface area contributed by atoms with Gasteiger partial charge in [0.2, 0.25) is 5.91 Å². The van der Waals surface area contributed by atoms with Crippen LogP contribution < -0.4 is 10.2 Å². The maximum absolute atomic E-state index is 13.8. The van der Waals surface area contributed by atoms with E-state index in [-0.39, 0.29) is 23.9 Å². The molecule has 1 aromatic carbocycles. The number of nitrogens with one attached hydrogen (secondary N) is 2. The molecule has 0 bridgehead atoms. The van der Waals surface area contributed by atoms with E-state index < -0.39 is 5.82 Å². The van der Waals surface area contributed by atoms with Gasteiger partial charge in [-0.1, -0.05) is 17.7 Å². The lowest BCUT2D eigenvalue weighted by molar-refractivity contribution is -0.121. The second kappa shape index (κ2) is 7.27. The van der Waals surface area contributed by atoms with Crippen molar-refractivity contribution < 1.29 is 9.18 Å². The Labute approximate surface area is 156 Å². The van der Waals surface area contributed by atoms with Gasteiger partial charge in [-0.25, -0.2) is 4.39 Å². The molecule has 4 rings (SSSR count). The lowest BCUT2D eigenvalue weighted by atomic mass is 10.0. The Hall–Kier alpha value is -2.08. The first-order valence-corrected chi connectivity index (χ1v) is 9.50. The van der Waals surface area contributed by atoms with E-state index >= 15 is 0 Å². The Morgan fingerprint density at radius 1 is 1.31 bits per heavy atom. The van der Waals surface area contributed by atoms with Crippen molar-refractivity contribution in [3.05, 3.63) is 46.4 Å². The van der Waals surface area contributed by atoms with Crippen LogP contribution in [0.15, 0.2) is 24.3 Å². The Morgan fingerprint density at radius 2 is 2.08 bits per heavy atom. The molecule has 1 saturated heterocycles. The fourth-order valence-corrected chi connectivity index (χ4v) is 3.71. The average molecular weight is 377 g/mol. The molecule has 26 heavy (non-hydrogen) atoms. The SMILES string of the molecule is O=C(Cc1c(F)cccc1Cl)NC1CCN(c2cc(C3CC3)[nH]n2)CC1. The van der Waals surface area contributed by atoms with Crippen LogP contribution in [0.4, 0.5) is 10.2 Å². The van der Waals surface area contributed by atoms with Gasteiger partial charge in [0.15, 0.2) is 5.82 Å². The molecule has 2 aromatic rings. The van der Waals surface area contributed by atoms with E-state index in [2.05, 4.69) is 26.5 Å².